The monoisotopic (exact) mass is 389 g/mol. The van der Waals surface area contributed by atoms with Crippen LogP contribution in [0.15, 0.2) is 47.5 Å². The van der Waals surface area contributed by atoms with E-state index in [2.05, 4.69) is 4.99 Å². The first-order chi connectivity index (χ1) is 11.7. The summed E-state index contributed by atoms with van der Waals surface area (Å²) in [6.07, 6.45) is -4.68. The molecule has 0 spiro atoms. The number of rotatable bonds is 3. The first kappa shape index (κ1) is 19.3. The van der Waals surface area contributed by atoms with Gasteiger partial charge < -0.3 is 4.74 Å². The Bertz CT molecular complexity index is 820. The van der Waals surface area contributed by atoms with Crippen molar-refractivity contribution >= 4 is 35.0 Å². The van der Waals surface area contributed by atoms with Crippen molar-refractivity contribution in [3.63, 3.8) is 0 Å². The first-order valence-electron chi connectivity index (χ1n) is 7.11. The fourth-order valence-corrected chi connectivity index (χ4v) is 2.41. The number of hydrogen-bond acceptors (Lipinski definition) is 2. The predicted molar refractivity (Wildman–Crippen MR) is 90.4 cm³/mol. The smallest absolute Gasteiger partial charge is 0.417 e. The summed E-state index contributed by atoms with van der Waals surface area (Å²) in [5.74, 6) is -1.29. The Balaban J connectivity index is 2.52. The molecule has 0 radical (unpaired) electrons. The van der Waals surface area contributed by atoms with Crippen LogP contribution in [0.5, 0.6) is 0 Å². The van der Waals surface area contributed by atoms with E-state index in [4.69, 9.17) is 27.9 Å². The summed E-state index contributed by atoms with van der Waals surface area (Å²) in [5, 5.41) is 0.517. The molecule has 0 saturated heterocycles. The van der Waals surface area contributed by atoms with Gasteiger partial charge in [-0.25, -0.2) is 0 Å². The van der Waals surface area contributed by atoms with Crippen LogP contribution in [-0.2, 0) is 10.9 Å². The minimum Gasteiger partial charge on any atom is -0.477 e. The maximum atomic E-state index is 13.1. The number of carbonyl (C=O) groups is 1. The fourth-order valence-electron chi connectivity index (χ4n) is 2.04. The molecule has 0 aliphatic carbocycles. The molecule has 0 N–H and O–H groups in total. The van der Waals surface area contributed by atoms with E-state index < -0.39 is 23.2 Å². The minimum absolute atomic E-state index is 0.135. The summed E-state index contributed by atoms with van der Waals surface area (Å²) in [6, 6.07) is 8.81. The maximum Gasteiger partial charge on any atom is 0.417 e. The molecule has 132 valence electrons. The second-order valence-corrected chi connectivity index (χ2v) is 5.67. The lowest BCUT2D eigenvalue weighted by atomic mass is 10.1. The zero-order chi connectivity index (χ0) is 18.6. The number of halogens is 5. The SMILES string of the molecule is CCOC(=NC(=O)c1ccccc1C(F)(F)F)c1cc(Cl)ccc1Cl. The van der Waals surface area contributed by atoms with Crippen LogP contribution in [-0.4, -0.2) is 18.4 Å². The molecular formula is C17H12Cl2F3NO2. The third-order valence-corrected chi connectivity index (χ3v) is 3.67. The van der Waals surface area contributed by atoms with E-state index in [0.29, 0.717) is 5.02 Å². The Morgan fingerprint density at radius 1 is 1.12 bits per heavy atom. The number of benzene rings is 2. The molecule has 0 bridgehead atoms. The van der Waals surface area contributed by atoms with Gasteiger partial charge in [-0.15, -0.1) is 0 Å². The van der Waals surface area contributed by atoms with Crippen LogP contribution >= 0.6 is 23.2 Å². The normalized spacial score (nSPS) is 12.2. The molecule has 0 unspecified atom stereocenters. The molecule has 0 heterocycles. The summed E-state index contributed by atoms with van der Waals surface area (Å²) in [5.41, 5.74) is -1.43. The molecule has 0 aliphatic rings. The van der Waals surface area contributed by atoms with Gasteiger partial charge in [0.25, 0.3) is 5.91 Å². The molecular weight excluding hydrogens is 378 g/mol. The molecule has 0 fully saturated rings. The van der Waals surface area contributed by atoms with Crippen molar-refractivity contribution < 1.29 is 22.7 Å². The largest absolute Gasteiger partial charge is 0.477 e. The van der Waals surface area contributed by atoms with Gasteiger partial charge in [0.15, 0.2) is 0 Å². The second kappa shape index (κ2) is 7.89. The number of nitrogens with zero attached hydrogens (tertiary/aromatic N) is 1. The molecule has 0 atom stereocenters. The third kappa shape index (κ3) is 4.74. The highest BCUT2D eigenvalue weighted by molar-refractivity contribution is 6.36. The van der Waals surface area contributed by atoms with Crippen LogP contribution in [0.1, 0.15) is 28.4 Å². The van der Waals surface area contributed by atoms with Crippen molar-refractivity contribution in [3.8, 4) is 0 Å². The highest BCUT2D eigenvalue weighted by Crippen LogP contribution is 2.32. The van der Waals surface area contributed by atoms with Gasteiger partial charge in [-0.2, -0.15) is 18.2 Å². The van der Waals surface area contributed by atoms with Crippen molar-refractivity contribution in [2.45, 2.75) is 13.1 Å². The fraction of sp³-hybridized carbons (Fsp3) is 0.176. The van der Waals surface area contributed by atoms with Crippen LogP contribution in [0.4, 0.5) is 13.2 Å². The molecule has 1 amide bonds. The highest BCUT2D eigenvalue weighted by atomic mass is 35.5. The Labute approximate surface area is 152 Å². The summed E-state index contributed by atoms with van der Waals surface area (Å²) in [7, 11) is 0. The van der Waals surface area contributed by atoms with Crippen molar-refractivity contribution in [1.29, 1.82) is 0 Å². The Kier molecular flexibility index (Phi) is 6.08. The van der Waals surface area contributed by atoms with E-state index in [1.807, 2.05) is 0 Å². The Morgan fingerprint density at radius 2 is 1.80 bits per heavy atom. The van der Waals surface area contributed by atoms with Crippen LogP contribution in [0.25, 0.3) is 0 Å². The molecule has 2 rings (SSSR count). The van der Waals surface area contributed by atoms with E-state index >= 15 is 0 Å². The lowest BCUT2D eigenvalue weighted by Crippen LogP contribution is -2.15. The van der Waals surface area contributed by atoms with Crippen molar-refractivity contribution in [2.24, 2.45) is 4.99 Å². The van der Waals surface area contributed by atoms with Gasteiger partial charge in [-0.3, -0.25) is 4.79 Å². The number of amides is 1. The van der Waals surface area contributed by atoms with Crippen LogP contribution in [0.3, 0.4) is 0 Å². The summed E-state index contributed by atoms with van der Waals surface area (Å²) < 4.78 is 44.5. The molecule has 8 heteroatoms. The number of alkyl halides is 3. The molecule has 25 heavy (non-hydrogen) atoms. The summed E-state index contributed by atoms with van der Waals surface area (Å²) in [4.78, 5) is 16.0. The second-order valence-electron chi connectivity index (χ2n) is 4.82. The van der Waals surface area contributed by atoms with E-state index in [1.165, 1.54) is 30.3 Å². The number of hydrogen-bond donors (Lipinski definition) is 0. The van der Waals surface area contributed by atoms with Gasteiger partial charge in [-0.05, 0) is 37.3 Å². The van der Waals surface area contributed by atoms with Gasteiger partial charge >= 0.3 is 6.18 Å². The van der Waals surface area contributed by atoms with Crippen LogP contribution in [0, 0.1) is 0 Å². The lowest BCUT2D eigenvalue weighted by molar-refractivity contribution is -0.137. The minimum atomic E-state index is -4.68. The summed E-state index contributed by atoms with van der Waals surface area (Å²) in [6.45, 7) is 1.78. The number of aliphatic imine (C=N–C) groups is 1. The Hall–Kier alpha value is -2.05. The molecule has 0 aromatic heterocycles. The maximum absolute atomic E-state index is 13.1. The Morgan fingerprint density at radius 3 is 2.44 bits per heavy atom. The highest BCUT2D eigenvalue weighted by Gasteiger charge is 2.35. The van der Waals surface area contributed by atoms with Crippen LogP contribution < -0.4 is 0 Å². The molecule has 0 aliphatic heterocycles. The summed E-state index contributed by atoms with van der Waals surface area (Å²) >= 11 is 11.9. The van der Waals surface area contributed by atoms with Gasteiger partial charge in [0.1, 0.15) is 0 Å². The van der Waals surface area contributed by atoms with E-state index in [0.717, 1.165) is 12.1 Å². The van der Waals surface area contributed by atoms with Gasteiger partial charge in [-0.1, -0.05) is 35.3 Å². The zero-order valence-electron chi connectivity index (χ0n) is 12.9. The number of ether oxygens (including phenoxy) is 1. The predicted octanol–water partition coefficient (Wildman–Crippen LogP) is 5.64. The standard InChI is InChI=1S/C17H12Cl2F3NO2/c1-2-25-16(12-9-10(18)7-8-14(12)19)23-15(24)11-5-3-4-6-13(11)17(20,21)22/h3-9H,2H2,1H3. The van der Waals surface area contributed by atoms with E-state index in [1.54, 1.807) is 6.92 Å². The van der Waals surface area contributed by atoms with Crippen molar-refractivity contribution in [3.05, 3.63) is 69.2 Å². The number of carbonyl (C=O) groups excluding carboxylic acids is 1. The molecule has 2 aromatic rings. The van der Waals surface area contributed by atoms with Crippen molar-refractivity contribution in [2.75, 3.05) is 6.61 Å². The van der Waals surface area contributed by atoms with Crippen molar-refractivity contribution in [1.82, 2.24) is 0 Å². The molecule has 0 saturated carbocycles. The van der Waals surface area contributed by atoms with Gasteiger partial charge in [0.05, 0.1) is 28.3 Å². The van der Waals surface area contributed by atoms with Gasteiger partial charge in [0, 0.05) is 5.02 Å². The average molecular weight is 390 g/mol. The van der Waals surface area contributed by atoms with Crippen LogP contribution in [0.2, 0.25) is 10.0 Å². The average Bonchev–Trinajstić information content (AvgIpc) is 2.56. The molecule has 2 aromatic carbocycles. The first-order valence-corrected chi connectivity index (χ1v) is 7.87. The molecule has 3 nitrogen and oxygen atoms in total. The van der Waals surface area contributed by atoms with E-state index in [-0.39, 0.29) is 23.1 Å². The third-order valence-electron chi connectivity index (χ3n) is 3.11. The lowest BCUT2D eigenvalue weighted by Gasteiger charge is -2.12. The zero-order valence-corrected chi connectivity index (χ0v) is 14.4. The quantitative estimate of drug-likeness (QED) is 0.503. The van der Waals surface area contributed by atoms with E-state index in [9.17, 15) is 18.0 Å². The topological polar surface area (TPSA) is 38.7 Å². The van der Waals surface area contributed by atoms with Gasteiger partial charge in [0.2, 0.25) is 5.90 Å².